The highest BCUT2D eigenvalue weighted by molar-refractivity contribution is 7.18. The van der Waals surface area contributed by atoms with E-state index < -0.39 is 0 Å². The number of aryl methyl sites for hydroxylation is 1. The van der Waals surface area contributed by atoms with E-state index in [1.807, 2.05) is 18.2 Å². The average Bonchev–Trinajstić information content (AvgIpc) is 2.92. The summed E-state index contributed by atoms with van der Waals surface area (Å²) in [4.78, 5) is 16.6. The number of carbonyl (C=O) groups excluding carboxylic acids is 1. The van der Waals surface area contributed by atoms with Crippen molar-refractivity contribution in [3.05, 3.63) is 29.3 Å². The van der Waals surface area contributed by atoms with Crippen LogP contribution in [-0.2, 0) is 11.2 Å². The molecule has 3 rings (SSSR count). The Labute approximate surface area is 134 Å². The second kappa shape index (κ2) is 7.20. The standard InChI is InChI=1S/C17H22N2O2S/c20-14-8-3-1-6-12(14)18-16(21)10-5-11-17-19-13-7-2-4-9-15(13)22-17/h2,4,7,9,12,14,20H,1,3,5-6,8,10-11H2,(H,18,21). The smallest absolute Gasteiger partial charge is 0.220 e. The van der Waals surface area contributed by atoms with Crippen molar-refractivity contribution in [1.82, 2.24) is 10.3 Å². The van der Waals surface area contributed by atoms with Crippen LogP contribution in [0.4, 0.5) is 0 Å². The number of thiazole rings is 1. The Morgan fingerprint density at radius 2 is 2.14 bits per heavy atom. The highest BCUT2D eigenvalue weighted by Crippen LogP contribution is 2.23. The Morgan fingerprint density at radius 3 is 2.95 bits per heavy atom. The number of fused-ring (bicyclic) bond motifs is 1. The van der Waals surface area contributed by atoms with Gasteiger partial charge in [-0.3, -0.25) is 4.79 Å². The van der Waals surface area contributed by atoms with Crippen LogP contribution in [0.2, 0.25) is 0 Å². The number of hydrogen-bond donors (Lipinski definition) is 2. The van der Waals surface area contributed by atoms with Crippen molar-refractivity contribution < 1.29 is 9.90 Å². The Morgan fingerprint density at radius 1 is 1.32 bits per heavy atom. The van der Waals surface area contributed by atoms with E-state index in [0.717, 1.165) is 49.0 Å². The first-order valence-corrected chi connectivity index (χ1v) is 8.86. The third-order valence-corrected chi connectivity index (χ3v) is 5.30. The van der Waals surface area contributed by atoms with Gasteiger partial charge in [0.2, 0.25) is 5.91 Å². The van der Waals surface area contributed by atoms with E-state index >= 15 is 0 Å². The number of benzene rings is 1. The molecule has 1 fully saturated rings. The van der Waals surface area contributed by atoms with E-state index in [-0.39, 0.29) is 18.1 Å². The van der Waals surface area contributed by atoms with Crippen LogP contribution in [-0.4, -0.2) is 28.1 Å². The molecule has 4 nitrogen and oxygen atoms in total. The molecule has 1 aromatic carbocycles. The van der Waals surface area contributed by atoms with Gasteiger partial charge in [0.05, 0.1) is 27.4 Å². The van der Waals surface area contributed by atoms with Crippen molar-refractivity contribution in [3.8, 4) is 0 Å². The molecular formula is C17H22N2O2S. The van der Waals surface area contributed by atoms with Gasteiger partial charge >= 0.3 is 0 Å². The van der Waals surface area contributed by atoms with E-state index in [1.54, 1.807) is 11.3 Å². The first-order valence-electron chi connectivity index (χ1n) is 8.04. The molecule has 1 heterocycles. The van der Waals surface area contributed by atoms with Crippen molar-refractivity contribution >= 4 is 27.5 Å². The van der Waals surface area contributed by atoms with Crippen LogP contribution in [0.1, 0.15) is 43.5 Å². The minimum absolute atomic E-state index is 0.0482. The van der Waals surface area contributed by atoms with Crippen molar-refractivity contribution in [2.45, 2.75) is 57.1 Å². The van der Waals surface area contributed by atoms with Crippen LogP contribution in [0.5, 0.6) is 0 Å². The molecule has 1 saturated carbocycles. The maximum atomic E-state index is 12.0. The van der Waals surface area contributed by atoms with Gasteiger partial charge in [0.1, 0.15) is 0 Å². The summed E-state index contributed by atoms with van der Waals surface area (Å²) < 4.78 is 1.20. The SMILES string of the molecule is O=C(CCCc1nc2ccccc2s1)NC1CCCCC1O. The summed E-state index contributed by atoms with van der Waals surface area (Å²) in [6, 6.07) is 8.06. The number of carbonyl (C=O) groups is 1. The van der Waals surface area contributed by atoms with Gasteiger partial charge in [-0.15, -0.1) is 11.3 Å². The van der Waals surface area contributed by atoms with Crippen LogP contribution in [0.25, 0.3) is 10.2 Å². The first kappa shape index (κ1) is 15.4. The molecule has 22 heavy (non-hydrogen) atoms. The molecule has 0 spiro atoms. The number of para-hydroxylation sites is 1. The normalized spacial score (nSPS) is 21.9. The molecule has 2 N–H and O–H groups in total. The summed E-state index contributed by atoms with van der Waals surface area (Å²) in [5.74, 6) is 0.0482. The summed E-state index contributed by atoms with van der Waals surface area (Å²) >= 11 is 1.70. The van der Waals surface area contributed by atoms with Gasteiger partial charge in [-0.25, -0.2) is 4.98 Å². The minimum atomic E-state index is -0.373. The summed E-state index contributed by atoms with van der Waals surface area (Å²) in [6.45, 7) is 0. The van der Waals surface area contributed by atoms with Crippen LogP contribution in [0.15, 0.2) is 24.3 Å². The lowest BCUT2D eigenvalue weighted by atomic mass is 9.92. The minimum Gasteiger partial charge on any atom is -0.391 e. The highest BCUT2D eigenvalue weighted by atomic mass is 32.1. The maximum absolute atomic E-state index is 12.0. The number of nitrogens with zero attached hydrogens (tertiary/aromatic N) is 1. The predicted molar refractivity (Wildman–Crippen MR) is 89.0 cm³/mol. The first-order chi connectivity index (χ1) is 10.7. The third kappa shape index (κ3) is 3.84. The van der Waals surface area contributed by atoms with Crippen molar-refractivity contribution in [1.29, 1.82) is 0 Å². The van der Waals surface area contributed by atoms with E-state index in [4.69, 9.17) is 0 Å². The number of aliphatic hydroxyl groups excluding tert-OH is 1. The Bertz CT molecular complexity index is 607. The number of aromatic nitrogens is 1. The lowest BCUT2D eigenvalue weighted by Crippen LogP contribution is -2.45. The monoisotopic (exact) mass is 318 g/mol. The lowest BCUT2D eigenvalue weighted by molar-refractivity contribution is -0.123. The van der Waals surface area contributed by atoms with Gasteiger partial charge in [0.25, 0.3) is 0 Å². The Kier molecular flexibility index (Phi) is 5.05. The van der Waals surface area contributed by atoms with E-state index in [1.165, 1.54) is 4.70 Å². The Hall–Kier alpha value is -1.46. The number of hydrogen-bond acceptors (Lipinski definition) is 4. The summed E-state index contributed by atoms with van der Waals surface area (Å²) in [6.07, 6.45) is 5.61. The van der Waals surface area contributed by atoms with Gasteiger partial charge in [0, 0.05) is 6.42 Å². The van der Waals surface area contributed by atoms with E-state index in [2.05, 4.69) is 16.4 Å². The van der Waals surface area contributed by atoms with Crippen LogP contribution in [0, 0.1) is 0 Å². The maximum Gasteiger partial charge on any atom is 0.220 e. The molecule has 1 aliphatic carbocycles. The molecular weight excluding hydrogens is 296 g/mol. The van der Waals surface area contributed by atoms with Crippen molar-refractivity contribution in [2.24, 2.45) is 0 Å². The molecule has 1 aromatic heterocycles. The van der Waals surface area contributed by atoms with Gasteiger partial charge in [0.15, 0.2) is 0 Å². The quantitative estimate of drug-likeness (QED) is 0.891. The highest BCUT2D eigenvalue weighted by Gasteiger charge is 2.24. The largest absolute Gasteiger partial charge is 0.391 e. The number of rotatable bonds is 5. The number of nitrogens with one attached hydrogen (secondary N) is 1. The zero-order valence-electron chi connectivity index (χ0n) is 12.6. The third-order valence-electron chi connectivity index (χ3n) is 4.21. The van der Waals surface area contributed by atoms with Crippen molar-refractivity contribution in [2.75, 3.05) is 0 Å². The molecule has 2 aromatic rings. The van der Waals surface area contributed by atoms with Gasteiger partial charge in [-0.2, -0.15) is 0 Å². The van der Waals surface area contributed by atoms with Gasteiger partial charge in [-0.1, -0.05) is 25.0 Å². The zero-order chi connectivity index (χ0) is 15.4. The molecule has 0 radical (unpaired) electrons. The number of amides is 1. The summed E-state index contributed by atoms with van der Waals surface area (Å²) in [5, 5.41) is 13.9. The fourth-order valence-corrected chi connectivity index (χ4v) is 3.99. The Balaban J connectivity index is 1.45. The molecule has 0 bridgehead atoms. The topological polar surface area (TPSA) is 62.2 Å². The predicted octanol–water partition coefficient (Wildman–Crippen LogP) is 3.04. The van der Waals surface area contributed by atoms with Crippen LogP contribution in [0.3, 0.4) is 0 Å². The van der Waals surface area contributed by atoms with Crippen molar-refractivity contribution in [3.63, 3.8) is 0 Å². The second-order valence-electron chi connectivity index (χ2n) is 5.95. The zero-order valence-corrected chi connectivity index (χ0v) is 13.4. The second-order valence-corrected chi connectivity index (χ2v) is 7.07. The van der Waals surface area contributed by atoms with Crippen LogP contribution < -0.4 is 5.32 Å². The van der Waals surface area contributed by atoms with E-state index in [0.29, 0.717) is 6.42 Å². The summed E-state index contributed by atoms with van der Waals surface area (Å²) in [5.41, 5.74) is 1.04. The molecule has 2 atom stereocenters. The summed E-state index contributed by atoms with van der Waals surface area (Å²) in [7, 11) is 0. The van der Waals surface area contributed by atoms with Crippen LogP contribution >= 0.6 is 11.3 Å². The molecule has 118 valence electrons. The lowest BCUT2D eigenvalue weighted by Gasteiger charge is -2.28. The fraction of sp³-hybridized carbons (Fsp3) is 0.529. The molecule has 1 aliphatic rings. The van der Waals surface area contributed by atoms with E-state index in [9.17, 15) is 9.90 Å². The molecule has 0 aliphatic heterocycles. The van der Waals surface area contributed by atoms with Gasteiger partial charge < -0.3 is 10.4 Å². The molecule has 1 amide bonds. The molecule has 5 heteroatoms. The van der Waals surface area contributed by atoms with Gasteiger partial charge in [-0.05, 0) is 37.8 Å². The number of aliphatic hydroxyl groups is 1. The average molecular weight is 318 g/mol. The molecule has 0 saturated heterocycles. The fourth-order valence-electron chi connectivity index (χ4n) is 2.99. The molecule has 2 unspecified atom stereocenters.